The van der Waals surface area contributed by atoms with E-state index in [2.05, 4.69) is 11.1 Å². The molecule has 0 bridgehead atoms. The molecule has 0 saturated heterocycles. The number of pyridine rings is 1. The van der Waals surface area contributed by atoms with Gasteiger partial charge in [-0.25, -0.2) is 0 Å². The van der Waals surface area contributed by atoms with E-state index in [1.54, 1.807) is 10.6 Å². The number of benzene rings is 1. The first-order valence-electron chi connectivity index (χ1n) is 6.60. The lowest BCUT2D eigenvalue weighted by molar-refractivity contribution is 0.469. The number of para-hydroxylation sites is 1. The van der Waals surface area contributed by atoms with Crippen LogP contribution in [0.3, 0.4) is 0 Å². The first-order valence-corrected chi connectivity index (χ1v) is 6.60. The Labute approximate surface area is 116 Å². The molecule has 0 radical (unpaired) electrons. The highest BCUT2D eigenvalue weighted by Crippen LogP contribution is 2.18. The number of rotatable bonds is 3. The maximum absolute atomic E-state index is 11.9. The van der Waals surface area contributed by atoms with Gasteiger partial charge in [0.05, 0.1) is 0 Å². The van der Waals surface area contributed by atoms with Crippen LogP contribution in [-0.4, -0.2) is 14.7 Å². The normalized spacial score (nSPS) is 11.1. The Bertz CT molecular complexity index is 815. The molecule has 0 aliphatic carbocycles. The lowest BCUT2D eigenvalue weighted by Gasteiger charge is -2.09. The number of aromatic hydroxyl groups is 1. The summed E-state index contributed by atoms with van der Waals surface area (Å²) in [5.74, 6) is 0.0239. The molecule has 4 nitrogen and oxygen atoms in total. The van der Waals surface area contributed by atoms with E-state index >= 15 is 0 Å². The van der Waals surface area contributed by atoms with Crippen LogP contribution in [0.15, 0.2) is 47.4 Å². The molecular formula is C16H16N2O2. The van der Waals surface area contributed by atoms with Crippen molar-refractivity contribution < 1.29 is 5.11 Å². The zero-order chi connectivity index (χ0) is 14.1. The fourth-order valence-corrected chi connectivity index (χ4v) is 2.57. The van der Waals surface area contributed by atoms with Crippen molar-refractivity contribution in [2.45, 2.75) is 19.9 Å². The lowest BCUT2D eigenvalue weighted by atomic mass is 10.1. The van der Waals surface area contributed by atoms with E-state index < -0.39 is 0 Å². The van der Waals surface area contributed by atoms with Crippen molar-refractivity contribution in [2.75, 3.05) is 0 Å². The maximum atomic E-state index is 11.9. The summed E-state index contributed by atoms with van der Waals surface area (Å²) in [7, 11) is 0. The monoisotopic (exact) mass is 268 g/mol. The van der Waals surface area contributed by atoms with E-state index in [0.29, 0.717) is 6.54 Å². The fraction of sp³-hybridized carbons (Fsp3) is 0.188. The quantitative estimate of drug-likeness (QED) is 0.767. The van der Waals surface area contributed by atoms with Gasteiger partial charge in [-0.15, -0.1) is 0 Å². The van der Waals surface area contributed by atoms with Crippen molar-refractivity contribution in [1.29, 1.82) is 0 Å². The summed E-state index contributed by atoms with van der Waals surface area (Å²) >= 11 is 0. The summed E-state index contributed by atoms with van der Waals surface area (Å²) in [4.78, 5) is 15.1. The Balaban J connectivity index is 1.89. The minimum Gasteiger partial charge on any atom is -0.508 e. The van der Waals surface area contributed by atoms with Gasteiger partial charge in [0.15, 0.2) is 0 Å². The highest BCUT2D eigenvalue weighted by Gasteiger charge is 2.06. The largest absolute Gasteiger partial charge is 0.508 e. The standard InChI is InChI=1S/C16H16N2O2/c1-11-8-13(19)9-16(20)18(11)7-6-12-10-17-15-5-3-2-4-14(12)15/h2-5,8-10,17,19H,6-7H2,1H3. The topological polar surface area (TPSA) is 58.0 Å². The van der Waals surface area contributed by atoms with Crippen molar-refractivity contribution in [1.82, 2.24) is 9.55 Å². The number of aryl methyl sites for hydroxylation is 2. The Morgan fingerprint density at radius 2 is 2.05 bits per heavy atom. The number of aromatic nitrogens is 2. The van der Waals surface area contributed by atoms with Gasteiger partial charge >= 0.3 is 0 Å². The van der Waals surface area contributed by atoms with Crippen molar-refractivity contribution in [3.63, 3.8) is 0 Å². The molecule has 0 aliphatic heterocycles. The molecule has 0 atom stereocenters. The molecule has 1 aromatic carbocycles. The number of fused-ring (bicyclic) bond motifs is 1. The molecule has 3 aromatic rings. The lowest BCUT2D eigenvalue weighted by Crippen LogP contribution is -2.22. The third-order valence-corrected chi connectivity index (χ3v) is 3.60. The van der Waals surface area contributed by atoms with Crippen molar-refractivity contribution in [2.24, 2.45) is 0 Å². The molecule has 4 heteroatoms. The average molecular weight is 268 g/mol. The number of hydrogen-bond acceptors (Lipinski definition) is 2. The summed E-state index contributed by atoms with van der Waals surface area (Å²) in [6.45, 7) is 2.43. The molecule has 2 aromatic heterocycles. The van der Waals surface area contributed by atoms with Crippen LogP contribution in [0.1, 0.15) is 11.3 Å². The number of nitrogens with zero attached hydrogens (tertiary/aromatic N) is 1. The second-order valence-corrected chi connectivity index (χ2v) is 4.95. The predicted octanol–water partition coefficient (Wildman–Crippen LogP) is 2.59. The van der Waals surface area contributed by atoms with Gasteiger partial charge < -0.3 is 14.7 Å². The SMILES string of the molecule is Cc1cc(O)cc(=O)n1CCc1c[nH]c2ccccc12. The van der Waals surface area contributed by atoms with Crippen LogP contribution >= 0.6 is 0 Å². The fourth-order valence-electron chi connectivity index (χ4n) is 2.57. The van der Waals surface area contributed by atoms with E-state index in [-0.39, 0.29) is 11.3 Å². The van der Waals surface area contributed by atoms with E-state index in [9.17, 15) is 9.90 Å². The smallest absolute Gasteiger partial charge is 0.254 e. The molecule has 0 fully saturated rings. The molecule has 102 valence electrons. The third-order valence-electron chi connectivity index (χ3n) is 3.60. The van der Waals surface area contributed by atoms with Gasteiger partial charge in [-0.05, 0) is 31.0 Å². The Morgan fingerprint density at radius 1 is 1.25 bits per heavy atom. The summed E-state index contributed by atoms with van der Waals surface area (Å²) in [6.07, 6.45) is 2.76. The molecule has 0 saturated carbocycles. The minimum atomic E-state index is -0.164. The second-order valence-electron chi connectivity index (χ2n) is 4.95. The number of nitrogens with one attached hydrogen (secondary N) is 1. The number of aromatic amines is 1. The van der Waals surface area contributed by atoms with E-state index in [1.165, 1.54) is 17.0 Å². The zero-order valence-electron chi connectivity index (χ0n) is 11.3. The zero-order valence-corrected chi connectivity index (χ0v) is 11.3. The van der Waals surface area contributed by atoms with E-state index in [0.717, 1.165) is 17.6 Å². The van der Waals surface area contributed by atoms with Crippen LogP contribution in [0.2, 0.25) is 0 Å². The van der Waals surface area contributed by atoms with E-state index in [4.69, 9.17) is 0 Å². The summed E-state index contributed by atoms with van der Waals surface area (Å²) in [6, 6.07) is 11.0. The first-order chi connectivity index (χ1) is 9.65. The van der Waals surface area contributed by atoms with Crippen molar-refractivity contribution in [3.05, 3.63) is 64.2 Å². The third kappa shape index (κ3) is 2.20. The number of hydrogen-bond donors (Lipinski definition) is 2. The van der Waals surface area contributed by atoms with Crippen LogP contribution < -0.4 is 5.56 Å². The summed E-state index contributed by atoms with van der Waals surface area (Å²) in [5.41, 5.74) is 2.91. The van der Waals surface area contributed by atoms with Gasteiger partial charge in [0, 0.05) is 35.4 Å². The summed E-state index contributed by atoms with van der Waals surface area (Å²) < 4.78 is 1.68. The highest BCUT2D eigenvalue weighted by molar-refractivity contribution is 5.82. The van der Waals surface area contributed by atoms with Crippen LogP contribution in [-0.2, 0) is 13.0 Å². The molecular weight excluding hydrogens is 252 g/mol. The molecule has 0 aliphatic rings. The average Bonchev–Trinajstić information content (AvgIpc) is 2.81. The molecule has 20 heavy (non-hydrogen) atoms. The van der Waals surface area contributed by atoms with E-state index in [1.807, 2.05) is 31.3 Å². The molecule has 2 N–H and O–H groups in total. The van der Waals surface area contributed by atoms with Crippen LogP contribution in [0.4, 0.5) is 0 Å². The molecule has 3 rings (SSSR count). The molecule has 0 amide bonds. The molecule has 0 unspecified atom stereocenters. The van der Waals surface area contributed by atoms with Crippen molar-refractivity contribution >= 4 is 10.9 Å². The Morgan fingerprint density at radius 3 is 2.85 bits per heavy atom. The number of H-pyrrole nitrogens is 1. The Hall–Kier alpha value is -2.49. The Kier molecular flexibility index (Phi) is 3.06. The van der Waals surface area contributed by atoms with Gasteiger partial charge in [0.1, 0.15) is 5.75 Å². The van der Waals surface area contributed by atoms with Gasteiger partial charge in [-0.3, -0.25) is 4.79 Å². The van der Waals surface area contributed by atoms with Crippen LogP contribution in [0, 0.1) is 6.92 Å². The predicted molar refractivity (Wildman–Crippen MR) is 79.1 cm³/mol. The minimum absolute atomic E-state index is 0.0239. The van der Waals surface area contributed by atoms with Gasteiger partial charge in [0.2, 0.25) is 0 Å². The first kappa shape index (κ1) is 12.5. The van der Waals surface area contributed by atoms with Crippen molar-refractivity contribution in [3.8, 4) is 5.75 Å². The highest BCUT2D eigenvalue weighted by atomic mass is 16.3. The van der Waals surface area contributed by atoms with Gasteiger partial charge in [-0.2, -0.15) is 0 Å². The molecule has 0 spiro atoms. The van der Waals surface area contributed by atoms with Crippen LogP contribution in [0.25, 0.3) is 10.9 Å². The van der Waals surface area contributed by atoms with Gasteiger partial charge in [0.25, 0.3) is 5.56 Å². The maximum Gasteiger partial charge on any atom is 0.254 e. The summed E-state index contributed by atoms with van der Waals surface area (Å²) in [5, 5.41) is 10.6. The second kappa shape index (κ2) is 4.89. The van der Waals surface area contributed by atoms with Crippen LogP contribution in [0.5, 0.6) is 5.75 Å². The van der Waals surface area contributed by atoms with Gasteiger partial charge in [-0.1, -0.05) is 18.2 Å². The molecule has 2 heterocycles.